The fourth-order valence-electron chi connectivity index (χ4n) is 7.60. The number of ether oxygens (including phenoxy) is 1. The van der Waals surface area contributed by atoms with E-state index in [9.17, 15) is 4.79 Å². The molecule has 0 radical (unpaired) electrons. The topological polar surface area (TPSA) is 26.3 Å². The highest BCUT2D eigenvalue weighted by molar-refractivity contribution is 7.99. The van der Waals surface area contributed by atoms with E-state index < -0.39 is 0 Å². The van der Waals surface area contributed by atoms with Crippen LogP contribution in [-0.4, -0.2) is 17.3 Å². The third-order valence-electron chi connectivity index (χ3n) is 8.94. The SMILES string of the molecule is CC(C)(OC(=O)CSCc1ccc2cc3ccccc3cc2c1)C12CC3CC(CC(C3)C1)C2. The van der Waals surface area contributed by atoms with Crippen LogP contribution >= 0.6 is 11.8 Å². The van der Waals surface area contributed by atoms with E-state index >= 15 is 0 Å². The Morgan fingerprint density at radius 3 is 2.09 bits per heavy atom. The molecule has 0 aromatic heterocycles. The van der Waals surface area contributed by atoms with Crippen LogP contribution in [-0.2, 0) is 15.3 Å². The molecule has 4 bridgehead atoms. The van der Waals surface area contributed by atoms with Crippen LogP contribution in [0, 0.1) is 23.2 Å². The summed E-state index contributed by atoms with van der Waals surface area (Å²) in [5.74, 6) is 3.81. The minimum Gasteiger partial charge on any atom is -0.458 e. The van der Waals surface area contributed by atoms with E-state index in [1.807, 2.05) is 0 Å². The molecule has 4 fully saturated rings. The van der Waals surface area contributed by atoms with Crippen molar-refractivity contribution in [2.24, 2.45) is 23.2 Å². The summed E-state index contributed by atoms with van der Waals surface area (Å²) in [4.78, 5) is 12.9. The van der Waals surface area contributed by atoms with Crippen LogP contribution in [0.4, 0.5) is 0 Å². The fraction of sp³-hybridized carbons (Fsp3) is 0.500. The van der Waals surface area contributed by atoms with Gasteiger partial charge in [0.05, 0.1) is 5.75 Å². The van der Waals surface area contributed by atoms with Gasteiger partial charge in [-0.15, -0.1) is 11.8 Å². The second kappa shape index (κ2) is 8.05. The molecule has 2 nitrogen and oxygen atoms in total. The van der Waals surface area contributed by atoms with E-state index in [-0.39, 0.29) is 17.0 Å². The average molecular weight is 459 g/mol. The molecule has 0 heterocycles. The first-order chi connectivity index (χ1) is 15.9. The third-order valence-corrected chi connectivity index (χ3v) is 9.92. The van der Waals surface area contributed by atoms with Crippen LogP contribution < -0.4 is 0 Å². The maximum Gasteiger partial charge on any atom is 0.316 e. The third kappa shape index (κ3) is 3.97. The minimum absolute atomic E-state index is 0.0486. The van der Waals surface area contributed by atoms with E-state index in [0.29, 0.717) is 5.75 Å². The maximum absolute atomic E-state index is 12.9. The number of benzene rings is 3. The molecule has 4 saturated carbocycles. The van der Waals surface area contributed by atoms with Gasteiger partial charge in [-0.3, -0.25) is 4.79 Å². The van der Waals surface area contributed by atoms with Crippen molar-refractivity contribution in [1.82, 2.24) is 0 Å². The molecular formula is C30H34O2S. The summed E-state index contributed by atoms with van der Waals surface area (Å²) in [6, 6.07) is 19.7. The normalized spacial score (nSPS) is 28.5. The molecular weight excluding hydrogens is 424 g/mol. The average Bonchev–Trinajstić information content (AvgIpc) is 2.76. The summed E-state index contributed by atoms with van der Waals surface area (Å²) in [6.07, 6.45) is 8.04. The smallest absolute Gasteiger partial charge is 0.316 e. The van der Waals surface area contributed by atoms with Gasteiger partial charge in [0, 0.05) is 11.2 Å². The quantitative estimate of drug-likeness (QED) is 0.279. The second-order valence-electron chi connectivity index (χ2n) is 11.6. The van der Waals surface area contributed by atoms with Gasteiger partial charge in [-0.1, -0.05) is 42.5 Å². The summed E-state index contributed by atoms with van der Waals surface area (Å²) < 4.78 is 6.22. The highest BCUT2D eigenvalue weighted by atomic mass is 32.2. The molecule has 0 unspecified atom stereocenters. The number of carbonyl (C=O) groups excluding carboxylic acids is 1. The minimum atomic E-state index is -0.356. The predicted octanol–water partition coefficient (Wildman–Crippen LogP) is 7.76. The lowest BCUT2D eigenvalue weighted by molar-refractivity contribution is -0.196. The highest BCUT2D eigenvalue weighted by Gasteiger charge is 2.58. The van der Waals surface area contributed by atoms with Crippen LogP contribution in [0.1, 0.15) is 57.9 Å². The Bertz CT molecular complexity index is 1180. The molecule has 0 saturated heterocycles. The number of esters is 1. The fourth-order valence-corrected chi connectivity index (χ4v) is 8.34. The monoisotopic (exact) mass is 458 g/mol. The zero-order valence-electron chi connectivity index (χ0n) is 19.8. The number of thioether (sulfide) groups is 1. The maximum atomic E-state index is 12.9. The van der Waals surface area contributed by atoms with Gasteiger partial charge in [0.15, 0.2) is 0 Å². The number of hydrogen-bond donors (Lipinski definition) is 0. The highest BCUT2D eigenvalue weighted by Crippen LogP contribution is 2.64. The van der Waals surface area contributed by atoms with Crippen LogP contribution in [0.3, 0.4) is 0 Å². The Labute approximate surface area is 201 Å². The van der Waals surface area contributed by atoms with Crippen molar-refractivity contribution in [2.45, 2.75) is 63.7 Å². The summed E-state index contributed by atoms with van der Waals surface area (Å²) in [7, 11) is 0. The van der Waals surface area contributed by atoms with Crippen LogP contribution in [0.15, 0.2) is 54.6 Å². The first-order valence-electron chi connectivity index (χ1n) is 12.6. The molecule has 3 aromatic carbocycles. The van der Waals surface area contributed by atoms with Gasteiger partial charge in [0.2, 0.25) is 0 Å². The van der Waals surface area contributed by atoms with E-state index in [4.69, 9.17) is 4.74 Å². The summed E-state index contributed by atoms with van der Waals surface area (Å²) in [5.41, 5.74) is 1.12. The molecule has 3 heteroatoms. The standard InChI is InChI=1S/C30H34O2S/c1-29(2,30-15-21-9-22(16-30)11-23(10-21)17-30)32-28(31)19-33-18-20-7-8-26-13-24-5-3-4-6-25(24)14-27(26)12-20/h3-8,12-14,21-23H,9-11,15-19H2,1-2H3. The Morgan fingerprint density at radius 2 is 1.45 bits per heavy atom. The molecule has 7 rings (SSSR count). The number of rotatable bonds is 6. The van der Waals surface area contributed by atoms with Crippen molar-refractivity contribution in [3.8, 4) is 0 Å². The number of hydrogen-bond acceptors (Lipinski definition) is 3. The van der Waals surface area contributed by atoms with Crippen molar-refractivity contribution in [3.05, 3.63) is 60.2 Å². The van der Waals surface area contributed by atoms with Gasteiger partial charge in [-0.05, 0) is 109 Å². The van der Waals surface area contributed by atoms with Crippen molar-refractivity contribution >= 4 is 39.3 Å². The molecule has 0 atom stereocenters. The lowest BCUT2D eigenvalue weighted by Gasteiger charge is -2.61. The van der Waals surface area contributed by atoms with E-state index in [0.717, 1.165) is 23.5 Å². The van der Waals surface area contributed by atoms with Crippen molar-refractivity contribution in [2.75, 3.05) is 5.75 Å². The predicted molar refractivity (Wildman–Crippen MR) is 138 cm³/mol. The van der Waals surface area contributed by atoms with Gasteiger partial charge in [-0.2, -0.15) is 0 Å². The van der Waals surface area contributed by atoms with Gasteiger partial charge in [0.25, 0.3) is 0 Å². The van der Waals surface area contributed by atoms with Crippen molar-refractivity contribution in [1.29, 1.82) is 0 Å². The van der Waals surface area contributed by atoms with Gasteiger partial charge >= 0.3 is 5.97 Å². The van der Waals surface area contributed by atoms with E-state index in [2.05, 4.69) is 68.4 Å². The zero-order chi connectivity index (χ0) is 22.6. The lowest BCUT2D eigenvalue weighted by Crippen LogP contribution is -2.57. The van der Waals surface area contributed by atoms with Gasteiger partial charge in [0.1, 0.15) is 5.60 Å². The first kappa shape index (κ1) is 21.5. The molecule has 3 aromatic rings. The molecule has 0 N–H and O–H groups in total. The Kier molecular flexibility index (Phi) is 5.25. The number of carbonyl (C=O) groups is 1. The van der Waals surface area contributed by atoms with Crippen LogP contribution in [0.5, 0.6) is 0 Å². The molecule has 0 amide bonds. The van der Waals surface area contributed by atoms with Crippen molar-refractivity contribution < 1.29 is 9.53 Å². The Hall–Kier alpha value is -2.00. The summed E-state index contributed by atoms with van der Waals surface area (Å²) in [6.45, 7) is 4.38. The van der Waals surface area contributed by atoms with Crippen molar-refractivity contribution in [3.63, 3.8) is 0 Å². The molecule has 0 aliphatic heterocycles. The Balaban J connectivity index is 1.08. The molecule has 172 valence electrons. The van der Waals surface area contributed by atoms with Gasteiger partial charge < -0.3 is 4.74 Å². The number of fused-ring (bicyclic) bond motifs is 2. The van der Waals surface area contributed by atoms with E-state index in [1.165, 1.54) is 65.6 Å². The van der Waals surface area contributed by atoms with E-state index in [1.54, 1.807) is 11.8 Å². The molecule has 0 spiro atoms. The molecule has 4 aliphatic carbocycles. The van der Waals surface area contributed by atoms with Gasteiger partial charge in [-0.25, -0.2) is 0 Å². The molecule has 4 aliphatic rings. The second-order valence-corrected chi connectivity index (χ2v) is 12.5. The zero-order valence-corrected chi connectivity index (χ0v) is 20.6. The van der Waals surface area contributed by atoms with Crippen LogP contribution in [0.25, 0.3) is 21.5 Å². The summed E-state index contributed by atoms with van der Waals surface area (Å²) in [5, 5.41) is 5.07. The van der Waals surface area contributed by atoms with Crippen LogP contribution in [0.2, 0.25) is 0 Å². The molecule has 33 heavy (non-hydrogen) atoms. The largest absolute Gasteiger partial charge is 0.458 e. The Morgan fingerprint density at radius 1 is 0.879 bits per heavy atom. The summed E-state index contributed by atoms with van der Waals surface area (Å²) >= 11 is 1.67. The lowest BCUT2D eigenvalue weighted by atomic mass is 9.46. The first-order valence-corrected chi connectivity index (χ1v) is 13.8.